The molecule has 4 aromatic rings. The molecule has 0 spiro atoms. The van der Waals surface area contributed by atoms with E-state index in [9.17, 15) is 13.2 Å². The van der Waals surface area contributed by atoms with Crippen molar-refractivity contribution in [1.82, 2.24) is 9.99 Å². The van der Waals surface area contributed by atoms with Crippen LogP contribution in [0.1, 0.15) is 33.6 Å². The molecule has 4 rings (SSSR count). The van der Waals surface area contributed by atoms with Crippen LogP contribution in [-0.2, 0) is 14.8 Å². The Balaban J connectivity index is 1.58. The second-order valence-electron chi connectivity index (χ2n) is 9.36. The number of hydrogen-bond donors (Lipinski definition) is 1. The highest BCUT2D eigenvalue weighted by Crippen LogP contribution is 2.27. The number of nitrogens with zero attached hydrogens (tertiary/aromatic N) is 3. The van der Waals surface area contributed by atoms with E-state index in [-0.39, 0.29) is 4.90 Å². The summed E-state index contributed by atoms with van der Waals surface area (Å²) in [4.78, 5) is 13.1. The topological polar surface area (TPSA) is 83.8 Å². The van der Waals surface area contributed by atoms with Gasteiger partial charge in [0.1, 0.15) is 6.54 Å². The molecule has 1 aromatic heterocycles. The molecular formula is C30H32N4O3S. The number of hydrazone groups is 1. The van der Waals surface area contributed by atoms with E-state index in [2.05, 4.69) is 34.2 Å². The zero-order valence-corrected chi connectivity index (χ0v) is 23.1. The third-order valence-corrected chi connectivity index (χ3v) is 8.23. The Kier molecular flexibility index (Phi) is 7.83. The van der Waals surface area contributed by atoms with Crippen LogP contribution in [0.2, 0.25) is 0 Å². The number of rotatable bonds is 8. The summed E-state index contributed by atoms with van der Waals surface area (Å²) in [5.41, 5.74) is 9.82. The van der Waals surface area contributed by atoms with E-state index in [0.29, 0.717) is 5.69 Å². The molecule has 3 aromatic carbocycles. The fourth-order valence-corrected chi connectivity index (χ4v) is 6.05. The maximum absolute atomic E-state index is 13.6. The van der Waals surface area contributed by atoms with Gasteiger partial charge in [-0.2, -0.15) is 5.10 Å². The maximum atomic E-state index is 13.6. The van der Waals surface area contributed by atoms with Crippen molar-refractivity contribution in [3.63, 3.8) is 0 Å². The maximum Gasteiger partial charge on any atom is 0.264 e. The average Bonchev–Trinajstić information content (AvgIpc) is 3.16. The molecule has 0 bridgehead atoms. The lowest BCUT2D eigenvalue weighted by molar-refractivity contribution is -0.119. The molecule has 1 amide bonds. The number of amides is 1. The van der Waals surface area contributed by atoms with Crippen molar-refractivity contribution >= 4 is 27.8 Å². The SMILES string of the molecule is Cc1ccc(N(CC(=O)N/N=C\c2cc(C)n(-c3ccccc3C)c2C)S(=O)(=O)c2ccccc2)c(C)c1. The Morgan fingerprint density at radius 2 is 1.58 bits per heavy atom. The average molecular weight is 529 g/mol. The fraction of sp³-hybridized carbons (Fsp3) is 0.200. The number of carbonyl (C=O) groups is 1. The van der Waals surface area contributed by atoms with E-state index in [1.54, 1.807) is 30.5 Å². The zero-order valence-electron chi connectivity index (χ0n) is 22.3. The van der Waals surface area contributed by atoms with Crippen LogP contribution in [0.25, 0.3) is 5.69 Å². The molecule has 0 saturated heterocycles. The van der Waals surface area contributed by atoms with Crippen molar-refractivity contribution in [2.75, 3.05) is 10.8 Å². The number of carbonyl (C=O) groups excluding carboxylic acids is 1. The normalized spacial score (nSPS) is 11.6. The number of benzene rings is 3. The van der Waals surface area contributed by atoms with E-state index in [1.165, 1.54) is 12.1 Å². The van der Waals surface area contributed by atoms with Gasteiger partial charge in [0.25, 0.3) is 15.9 Å². The molecule has 196 valence electrons. The molecule has 0 fully saturated rings. The molecule has 0 atom stereocenters. The first kappa shape index (κ1) is 26.9. The van der Waals surface area contributed by atoms with Crippen molar-refractivity contribution in [2.45, 2.75) is 39.5 Å². The van der Waals surface area contributed by atoms with Crippen LogP contribution in [0, 0.1) is 34.6 Å². The van der Waals surface area contributed by atoms with Crippen molar-refractivity contribution in [3.05, 3.63) is 113 Å². The third kappa shape index (κ3) is 5.55. The van der Waals surface area contributed by atoms with Gasteiger partial charge in [-0.3, -0.25) is 9.10 Å². The van der Waals surface area contributed by atoms with Crippen molar-refractivity contribution in [3.8, 4) is 5.69 Å². The Morgan fingerprint density at radius 1 is 0.895 bits per heavy atom. The van der Waals surface area contributed by atoms with Gasteiger partial charge in [-0.1, -0.05) is 54.1 Å². The minimum absolute atomic E-state index is 0.111. The summed E-state index contributed by atoms with van der Waals surface area (Å²) in [5, 5.41) is 4.15. The summed E-state index contributed by atoms with van der Waals surface area (Å²) in [6.45, 7) is 9.43. The van der Waals surface area contributed by atoms with Crippen LogP contribution in [-0.4, -0.2) is 31.7 Å². The van der Waals surface area contributed by atoms with E-state index >= 15 is 0 Å². The number of hydrogen-bond acceptors (Lipinski definition) is 4. The highest BCUT2D eigenvalue weighted by Gasteiger charge is 2.28. The van der Waals surface area contributed by atoms with Gasteiger partial charge in [0.05, 0.1) is 16.8 Å². The van der Waals surface area contributed by atoms with E-state index in [1.807, 2.05) is 58.0 Å². The first-order valence-corrected chi connectivity index (χ1v) is 13.8. The second-order valence-corrected chi connectivity index (χ2v) is 11.2. The molecule has 8 heteroatoms. The van der Waals surface area contributed by atoms with Gasteiger partial charge in [0, 0.05) is 22.6 Å². The summed E-state index contributed by atoms with van der Waals surface area (Å²) >= 11 is 0. The highest BCUT2D eigenvalue weighted by molar-refractivity contribution is 7.92. The number of anilines is 1. The van der Waals surface area contributed by atoms with Crippen molar-refractivity contribution in [2.24, 2.45) is 5.10 Å². The predicted molar refractivity (Wildman–Crippen MR) is 153 cm³/mol. The van der Waals surface area contributed by atoms with Gasteiger partial charge in [-0.15, -0.1) is 0 Å². The van der Waals surface area contributed by atoms with Gasteiger partial charge in [-0.05, 0) is 76.1 Å². The molecule has 38 heavy (non-hydrogen) atoms. The molecule has 7 nitrogen and oxygen atoms in total. The van der Waals surface area contributed by atoms with Crippen LogP contribution in [0.5, 0.6) is 0 Å². The fourth-order valence-electron chi connectivity index (χ4n) is 4.55. The van der Waals surface area contributed by atoms with E-state index in [0.717, 1.165) is 43.6 Å². The number of sulfonamides is 1. The number of nitrogens with one attached hydrogen (secondary N) is 1. The van der Waals surface area contributed by atoms with E-state index < -0.39 is 22.5 Å². The molecule has 1 N–H and O–H groups in total. The standard InChI is InChI=1S/C30H32N4O3S/c1-21-15-16-28(23(3)17-21)33(38(36,37)27-12-7-6-8-13-27)20-30(35)32-31-19-26-18-24(4)34(25(26)5)29-14-10-9-11-22(29)2/h6-19H,20H2,1-5H3,(H,32,35)/b31-19-. The molecule has 0 aliphatic carbocycles. The first-order valence-electron chi connectivity index (χ1n) is 12.3. The van der Waals surface area contributed by atoms with Gasteiger partial charge in [0.2, 0.25) is 0 Å². The lowest BCUT2D eigenvalue weighted by Gasteiger charge is -2.25. The minimum atomic E-state index is -3.99. The Bertz CT molecular complexity index is 1610. The van der Waals surface area contributed by atoms with Gasteiger partial charge in [0.15, 0.2) is 0 Å². The molecule has 0 aliphatic heterocycles. The molecule has 0 aliphatic rings. The highest BCUT2D eigenvalue weighted by atomic mass is 32.2. The van der Waals surface area contributed by atoms with Gasteiger partial charge in [-0.25, -0.2) is 13.8 Å². The lowest BCUT2D eigenvalue weighted by Crippen LogP contribution is -2.40. The molecular weight excluding hydrogens is 496 g/mol. The number of para-hydroxylation sites is 1. The number of aromatic nitrogens is 1. The molecule has 1 heterocycles. The monoisotopic (exact) mass is 528 g/mol. The van der Waals surface area contributed by atoms with Crippen LogP contribution in [0.15, 0.2) is 88.9 Å². The Labute approximate surface area is 224 Å². The van der Waals surface area contributed by atoms with Gasteiger partial charge < -0.3 is 4.57 Å². The van der Waals surface area contributed by atoms with Crippen LogP contribution in [0.4, 0.5) is 5.69 Å². The first-order chi connectivity index (χ1) is 18.1. The predicted octanol–water partition coefficient (Wildman–Crippen LogP) is 5.37. The van der Waals surface area contributed by atoms with Crippen molar-refractivity contribution < 1.29 is 13.2 Å². The lowest BCUT2D eigenvalue weighted by atomic mass is 10.1. The zero-order chi connectivity index (χ0) is 27.4. The third-order valence-electron chi connectivity index (χ3n) is 6.46. The minimum Gasteiger partial charge on any atom is -0.318 e. The number of aryl methyl sites for hydroxylation is 4. The summed E-state index contributed by atoms with van der Waals surface area (Å²) in [6.07, 6.45) is 1.59. The van der Waals surface area contributed by atoms with Crippen LogP contribution < -0.4 is 9.73 Å². The molecule has 0 radical (unpaired) electrons. The summed E-state index contributed by atoms with van der Waals surface area (Å²) in [5.74, 6) is -0.548. The Morgan fingerprint density at radius 3 is 2.26 bits per heavy atom. The summed E-state index contributed by atoms with van der Waals surface area (Å²) < 4.78 is 30.4. The molecule has 0 saturated carbocycles. The summed E-state index contributed by atoms with van der Waals surface area (Å²) in [7, 11) is -3.99. The van der Waals surface area contributed by atoms with Crippen LogP contribution >= 0.6 is 0 Å². The molecule has 0 unspecified atom stereocenters. The van der Waals surface area contributed by atoms with Crippen molar-refractivity contribution in [1.29, 1.82) is 0 Å². The second kappa shape index (κ2) is 11.1. The smallest absolute Gasteiger partial charge is 0.264 e. The quantitative estimate of drug-likeness (QED) is 0.247. The van der Waals surface area contributed by atoms with Crippen LogP contribution in [0.3, 0.4) is 0 Å². The largest absolute Gasteiger partial charge is 0.318 e. The van der Waals surface area contributed by atoms with E-state index in [4.69, 9.17) is 0 Å². The Hall–Kier alpha value is -4.17. The summed E-state index contributed by atoms with van der Waals surface area (Å²) in [6, 6.07) is 23.7. The van der Waals surface area contributed by atoms with Gasteiger partial charge >= 0.3 is 0 Å².